The average Bonchev–Trinajstić information content (AvgIpc) is 2.39. The molecule has 1 aromatic carbocycles. The monoisotopic (exact) mass is 250 g/mol. The Morgan fingerprint density at radius 3 is 2.71 bits per heavy atom. The molecule has 1 aliphatic heterocycles. The Bertz CT molecular complexity index is 390. The van der Waals surface area contributed by atoms with Gasteiger partial charge >= 0.3 is 0 Å². The highest BCUT2D eigenvalue weighted by atomic mass is 32.1. The van der Waals surface area contributed by atoms with E-state index in [1.807, 2.05) is 18.2 Å². The van der Waals surface area contributed by atoms with Gasteiger partial charge in [0.1, 0.15) is 5.72 Å². The van der Waals surface area contributed by atoms with Gasteiger partial charge in [-0.25, -0.2) is 0 Å². The molecular weight excluding hydrogens is 232 g/mol. The molecule has 0 bridgehead atoms. The van der Waals surface area contributed by atoms with Gasteiger partial charge in [0.05, 0.1) is 6.04 Å². The summed E-state index contributed by atoms with van der Waals surface area (Å²) in [5, 5.41) is 7.18. The van der Waals surface area contributed by atoms with Crippen molar-refractivity contribution in [1.82, 2.24) is 10.6 Å². The van der Waals surface area contributed by atoms with Crippen molar-refractivity contribution in [3.05, 3.63) is 35.9 Å². The van der Waals surface area contributed by atoms with Gasteiger partial charge in [0.15, 0.2) is 5.11 Å². The molecule has 2 rings (SSSR count). The third kappa shape index (κ3) is 2.58. The summed E-state index contributed by atoms with van der Waals surface area (Å²) in [6.45, 7) is 2.10. The molecule has 17 heavy (non-hydrogen) atoms. The molecule has 1 aromatic rings. The van der Waals surface area contributed by atoms with Crippen molar-refractivity contribution >= 4 is 17.3 Å². The fraction of sp³-hybridized carbons (Fsp3) is 0.462. The van der Waals surface area contributed by atoms with Crippen LogP contribution >= 0.6 is 12.2 Å². The first kappa shape index (κ1) is 12.3. The van der Waals surface area contributed by atoms with E-state index in [1.54, 1.807) is 7.11 Å². The van der Waals surface area contributed by atoms with E-state index in [4.69, 9.17) is 17.0 Å². The molecule has 2 N–H and O–H groups in total. The normalized spacial score (nSPS) is 28.4. The lowest BCUT2D eigenvalue weighted by molar-refractivity contribution is -0.0473. The predicted molar refractivity (Wildman–Crippen MR) is 72.7 cm³/mol. The molecule has 0 radical (unpaired) electrons. The van der Waals surface area contributed by atoms with Crippen LogP contribution in [-0.4, -0.2) is 17.9 Å². The lowest BCUT2D eigenvalue weighted by Gasteiger charge is -2.42. The number of nitrogens with one attached hydrogen (secondary N) is 2. The molecule has 0 amide bonds. The van der Waals surface area contributed by atoms with Crippen molar-refractivity contribution in [1.29, 1.82) is 0 Å². The van der Waals surface area contributed by atoms with Crippen LogP contribution in [0.1, 0.15) is 31.4 Å². The van der Waals surface area contributed by atoms with Crippen molar-refractivity contribution in [2.45, 2.75) is 31.5 Å². The van der Waals surface area contributed by atoms with E-state index in [-0.39, 0.29) is 11.8 Å². The number of ether oxygens (including phenoxy) is 1. The fourth-order valence-corrected chi connectivity index (χ4v) is 2.56. The van der Waals surface area contributed by atoms with Crippen LogP contribution in [-0.2, 0) is 4.74 Å². The van der Waals surface area contributed by atoms with Gasteiger partial charge in [-0.15, -0.1) is 0 Å². The van der Waals surface area contributed by atoms with E-state index < -0.39 is 0 Å². The summed E-state index contributed by atoms with van der Waals surface area (Å²) in [6.07, 6.45) is 1.75. The summed E-state index contributed by atoms with van der Waals surface area (Å²) in [5.41, 5.74) is 0.897. The molecule has 4 heteroatoms. The molecule has 92 valence electrons. The van der Waals surface area contributed by atoms with E-state index in [9.17, 15) is 0 Å². The van der Waals surface area contributed by atoms with Crippen LogP contribution in [0.2, 0.25) is 0 Å². The molecule has 1 saturated heterocycles. The highest BCUT2D eigenvalue weighted by Crippen LogP contribution is 2.30. The van der Waals surface area contributed by atoms with E-state index >= 15 is 0 Å². The van der Waals surface area contributed by atoms with Crippen molar-refractivity contribution < 1.29 is 4.74 Å². The largest absolute Gasteiger partial charge is 0.359 e. The van der Waals surface area contributed by atoms with Gasteiger partial charge in [0, 0.05) is 13.5 Å². The number of hydrogen-bond acceptors (Lipinski definition) is 2. The van der Waals surface area contributed by atoms with Crippen LogP contribution < -0.4 is 10.6 Å². The summed E-state index contributed by atoms with van der Waals surface area (Å²) in [6, 6.07) is 10.5. The van der Waals surface area contributed by atoms with Gasteiger partial charge < -0.3 is 15.4 Å². The molecule has 2 unspecified atom stereocenters. The maximum atomic E-state index is 5.61. The molecule has 0 saturated carbocycles. The standard InChI is InChI=1S/C13H18N2OS/c1-3-13(16-2)9-11(14-12(17)15-13)10-7-5-4-6-8-10/h4-8,11H,3,9H2,1-2H3,(H2,14,15,17). The van der Waals surface area contributed by atoms with Crippen LogP contribution in [0, 0.1) is 0 Å². The minimum absolute atomic E-state index is 0.213. The van der Waals surface area contributed by atoms with E-state index in [1.165, 1.54) is 5.56 Å². The van der Waals surface area contributed by atoms with Crippen molar-refractivity contribution in [2.24, 2.45) is 0 Å². The summed E-state index contributed by atoms with van der Waals surface area (Å²) < 4.78 is 5.61. The third-order valence-corrected chi connectivity index (χ3v) is 3.56. The first-order valence-corrected chi connectivity index (χ1v) is 6.29. The van der Waals surface area contributed by atoms with Crippen LogP contribution in [0.25, 0.3) is 0 Å². The number of methoxy groups -OCH3 is 1. The summed E-state index contributed by atoms with van der Waals surface area (Å²) in [4.78, 5) is 0. The van der Waals surface area contributed by atoms with Crippen LogP contribution in [0.4, 0.5) is 0 Å². The second-order valence-electron chi connectivity index (χ2n) is 4.32. The van der Waals surface area contributed by atoms with E-state index in [0.717, 1.165) is 12.8 Å². The second-order valence-corrected chi connectivity index (χ2v) is 4.73. The zero-order valence-corrected chi connectivity index (χ0v) is 11.0. The molecule has 2 atom stereocenters. The minimum Gasteiger partial charge on any atom is -0.359 e. The zero-order valence-electron chi connectivity index (χ0n) is 10.2. The minimum atomic E-state index is -0.344. The fourth-order valence-electron chi connectivity index (χ4n) is 2.23. The van der Waals surface area contributed by atoms with Crippen molar-refractivity contribution in [3.63, 3.8) is 0 Å². The van der Waals surface area contributed by atoms with Crippen molar-refractivity contribution in [3.8, 4) is 0 Å². The SMILES string of the molecule is CCC1(OC)CC(c2ccccc2)NC(=S)N1. The maximum absolute atomic E-state index is 5.61. The van der Waals surface area contributed by atoms with Crippen molar-refractivity contribution in [2.75, 3.05) is 7.11 Å². The molecule has 1 heterocycles. The first-order chi connectivity index (χ1) is 8.19. The Morgan fingerprint density at radius 2 is 2.12 bits per heavy atom. The number of thiocarbonyl (C=S) groups is 1. The maximum Gasteiger partial charge on any atom is 0.168 e. The molecular formula is C13H18N2OS. The molecule has 0 aliphatic carbocycles. The number of benzene rings is 1. The lowest BCUT2D eigenvalue weighted by Crippen LogP contribution is -2.59. The highest BCUT2D eigenvalue weighted by Gasteiger charge is 2.36. The number of rotatable bonds is 3. The van der Waals surface area contributed by atoms with Crippen LogP contribution in [0.3, 0.4) is 0 Å². The molecule has 3 nitrogen and oxygen atoms in total. The Kier molecular flexibility index (Phi) is 3.64. The van der Waals surface area contributed by atoms with Gasteiger partial charge in [-0.1, -0.05) is 37.3 Å². The quantitative estimate of drug-likeness (QED) is 0.807. The predicted octanol–water partition coefficient (Wildman–Crippen LogP) is 2.35. The topological polar surface area (TPSA) is 33.3 Å². The highest BCUT2D eigenvalue weighted by molar-refractivity contribution is 7.80. The average molecular weight is 250 g/mol. The summed E-state index contributed by atoms with van der Waals surface area (Å²) in [7, 11) is 1.73. The van der Waals surface area contributed by atoms with Crippen LogP contribution in [0.5, 0.6) is 0 Å². The Hall–Kier alpha value is -1.13. The van der Waals surface area contributed by atoms with Gasteiger partial charge in [-0.05, 0) is 24.2 Å². The molecule has 1 aliphatic rings. The Labute approximate surface area is 108 Å². The van der Waals surface area contributed by atoms with Gasteiger partial charge in [-0.3, -0.25) is 0 Å². The van der Waals surface area contributed by atoms with Crippen LogP contribution in [0.15, 0.2) is 30.3 Å². The van der Waals surface area contributed by atoms with Gasteiger partial charge in [0.2, 0.25) is 0 Å². The molecule has 1 fully saturated rings. The third-order valence-electron chi connectivity index (χ3n) is 3.34. The first-order valence-electron chi connectivity index (χ1n) is 5.88. The molecule has 0 aromatic heterocycles. The van der Waals surface area contributed by atoms with E-state index in [2.05, 4.69) is 29.7 Å². The molecule has 0 spiro atoms. The Morgan fingerprint density at radius 1 is 1.41 bits per heavy atom. The van der Waals surface area contributed by atoms with Gasteiger partial charge in [-0.2, -0.15) is 0 Å². The summed E-state index contributed by atoms with van der Waals surface area (Å²) >= 11 is 5.26. The number of hydrogen-bond donors (Lipinski definition) is 2. The second kappa shape index (κ2) is 5.02. The zero-order chi connectivity index (χ0) is 12.3. The summed E-state index contributed by atoms with van der Waals surface area (Å²) in [5.74, 6) is 0. The Balaban J connectivity index is 2.22. The smallest absolute Gasteiger partial charge is 0.168 e. The van der Waals surface area contributed by atoms with Gasteiger partial charge in [0.25, 0.3) is 0 Å². The van der Waals surface area contributed by atoms with E-state index in [0.29, 0.717) is 5.11 Å². The lowest BCUT2D eigenvalue weighted by atomic mass is 9.93.